The first kappa shape index (κ1) is 23.5. The van der Waals surface area contributed by atoms with Crippen molar-refractivity contribution in [3.8, 4) is 0 Å². The summed E-state index contributed by atoms with van der Waals surface area (Å²) >= 11 is 0. The van der Waals surface area contributed by atoms with E-state index < -0.39 is 6.04 Å². The molecule has 0 aliphatic carbocycles. The number of hydroxylamine groups is 1. The Kier molecular flexibility index (Phi) is 6.81. The third kappa shape index (κ3) is 4.93. The van der Waals surface area contributed by atoms with E-state index in [1.165, 1.54) is 51.5 Å². The second-order valence-corrected chi connectivity index (χ2v) is 9.30. The summed E-state index contributed by atoms with van der Waals surface area (Å²) in [5.41, 5.74) is 3.50. The largest absolute Gasteiger partial charge is 0.607 e. The predicted octanol–water partition coefficient (Wildman–Crippen LogP) is 2.34. The number of benzene rings is 2. The first-order valence-corrected chi connectivity index (χ1v) is 12.2. The first-order valence-electron chi connectivity index (χ1n) is 12.2. The van der Waals surface area contributed by atoms with Crippen molar-refractivity contribution in [3.63, 3.8) is 0 Å². The van der Waals surface area contributed by atoms with Gasteiger partial charge >= 0.3 is 0 Å². The van der Waals surface area contributed by atoms with Crippen molar-refractivity contribution in [2.45, 2.75) is 25.3 Å². The number of nitrogens with zero attached hydrogens (tertiary/aromatic N) is 4. The summed E-state index contributed by atoms with van der Waals surface area (Å²) in [7, 11) is 1.48. The van der Waals surface area contributed by atoms with Crippen LogP contribution in [0.15, 0.2) is 64.8 Å². The van der Waals surface area contributed by atoms with Gasteiger partial charge in [0, 0.05) is 30.0 Å². The molecule has 1 fully saturated rings. The van der Waals surface area contributed by atoms with Crippen LogP contribution in [0, 0.1) is 11.0 Å². The van der Waals surface area contributed by atoms with Crippen molar-refractivity contribution >= 4 is 23.6 Å². The maximum atomic E-state index is 13.4. The standard InChI is InChI=1S/C26H31FN6O2/c1-30-26(34)23-17-32(18-29-24(23)25(33(30)35)19-5-7-20(27)8-6-19)22-11-9-21(10-12-22)28-13-16-31-14-3-2-4-15-31/h5-12,18,25,28,33H,2-4,13-17H2,1H3. The van der Waals surface area contributed by atoms with Gasteiger partial charge in [0.2, 0.25) is 0 Å². The fourth-order valence-corrected chi connectivity index (χ4v) is 4.97. The molecule has 1 saturated heterocycles. The van der Waals surface area contributed by atoms with Crippen LogP contribution in [0.3, 0.4) is 0 Å². The zero-order chi connectivity index (χ0) is 24.4. The monoisotopic (exact) mass is 478 g/mol. The number of nitrogens with one attached hydrogen (secondary N) is 2. The number of anilines is 2. The van der Waals surface area contributed by atoms with Gasteiger partial charge < -0.3 is 20.3 Å². The van der Waals surface area contributed by atoms with Crippen molar-refractivity contribution in [3.05, 3.63) is 76.4 Å². The van der Waals surface area contributed by atoms with E-state index in [1.807, 2.05) is 29.2 Å². The molecule has 2 atom stereocenters. The smallest absolute Gasteiger partial charge is 0.298 e. The molecule has 9 heteroatoms. The lowest BCUT2D eigenvalue weighted by molar-refractivity contribution is -0.980. The van der Waals surface area contributed by atoms with E-state index in [2.05, 4.69) is 15.2 Å². The molecular weight excluding hydrogens is 447 g/mol. The Morgan fingerprint density at radius 2 is 1.80 bits per heavy atom. The molecule has 35 heavy (non-hydrogen) atoms. The van der Waals surface area contributed by atoms with Gasteiger partial charge in [-0.2, -0.15) is 5.01 Å². The van der Waals surface area contributed by atoms with Crippen LogP contribution in [0.2, 0.25) is 0 Å². The Labute approximate surface area is 204 Å². The highest BCUT2D eigenvalue weighted by Crippen LogP contribution is 2.31. The van der Waals surface area contributed by atoms with Crippen LogP contribution < -0.4 is 15.4 Å². The molecule has 0 radical (unpaired) electrons. The van der Waals surface area contributed by atoms with Gasteiger partial charge in [0.05, 0.1) is 25.5 Å². The van der Waals surface area contributed by atoms with Crippen LogP contribution in [0.1, 0.15) is 30.9 Å². The minimum atomic E-state index is -0.724. The number of carbonyl (C=O) groups is 1. The Morgan fingerprint density at radius 1 is 1.09 bits per heavy atom. The van der Waals surface area contributed by atoms with Crippen molar-refractivity contribution in [1.29, 1.82) is 0 Å². The summed E-state index contributed by atoms with van der Waals surface area (Å²) in [6, 6.07) is 13.1. The van der Waals surface area contributed by atoms with Gasteiger partial charge in [0.15, 0.2) is 6.04 Å². The Morgan fingerprint density at radius 3 is 2.51 bits per heavy atom. The number of aliphatic imine (C=N–C) groups is 1. The summed E-state index contributed by atoms with van der Waals surface area (Å²) < 4.78 is 13.4. The molecule has 1 amide bonds. The highest BCUT2D eigenvalue weighted by atomic mass is 19.1. The summed E-state index contributed by atoms with van der Waals surface area (Å²) in [6.07, 6.45) is 5.59. The molecule has 3 heterocycles. The molecule has 8 nitrogen and oxygen atoms in total. The van der Waals surface area contributed by atoms with Crippen molar-refractivity contribution in [2.75, 3.05) is 50.0 Å². The average molecular weight is 479 g/mol. The highest BCUT2D eigenvalue weighted by Gasteiger charge is 2.41. The molecule has 2 N–H and O–H groups in total. The number of hydrogen-bond acceptors (Lipinski definition) is 6. The van der Waals surface area contributed by atoms with Gasteiger partial charge in [-0.3, -0.25) is 9.97 Å². The van der Waals surface area contributed by atoms with E-state index in [0.717, 1.165) is 29.5 Å². The fourth-order valence-electron chi connectivity index (χ4n) is 4.97. The maximum Gasteiger partial charge on any atom is 0.298 e. The molecular formula is C26H31FN6O2. The van der Waals surface area contributed by atoms with Crippen LogP contribution in [-0.4, -0.2) is 61.9 Å². The Balaban J connectivity index is 1.28. The maximum absolute atomic E-state index is 13.4. The molecule has 2 unspecified atom stereocenters. The van der Waals surface area contributed by atoms with Crippen LogP contribution in [0.5, 0.6) is 0 Å². The van der Waals surface area contributed by atoms with E-state index in [9.17, 15) is 14.4 Å². The van der Waals surface area contributed by atoms with Crippen LogP contribution in [-0.2, 0) is 4.79 Å². The van der Waals surface area contributed by atoms with Gasteiger partial charge in [0.1, 0.15) is 11.5 Å². The number of likely N-dealkylation sites (N-methyl/N-ethyl adjacent to an activating group) is 1. The fraction of sp³-hybridized carbons (Fsp3) is 0.385. The molecule has 184 valence electrons. The van der Waals surface area contributed by atoms with Gasteiger partial charge in [-0.25, -0.2) is 9.38 Å². The minimum absolute atomic E-state index is 0.314. The van der Waals surface area contributed by atoms with E-state index in [-0.39, 0.29) is 16.9 Å². The second-order valence-electron chi connectivity index (χ2n) is 9.30. The van der Waals surface area contributed by atoms with E-state index in [1.54, 1.807) is 18.5 Å². The number of likely N-dealkylation sites (tertiary alicyclic amines) is 1. The summed E-state index contributed by atoms with van der Waals surface area (Å²) in [5.74, 6) is -0.723. The molecule has 2 aromatic carbocycles. The van der Waals surface area contributed by atoms with E-state index in [4.69, 9.17) is 0 Å². The summed E-state index contributed by atoms with van der Waals surface area (Å²) in [6.45, 7) is 4.64. The number of rotatable bonds is 6. The van der Waals surface area contributed by atoms with Gasteiger partial charge in [0.25, 0.3) is 5.91 Å². The zero-order valence-corrected chi connectivity index (χ0v) is 19.9. The summed E-state index contributed by atoms with van der Waals surface area (Å²) in [5, 5.41) is 17.2. The van der Waals surface area contributed by atoms with E-state index in [0.29, 0.717) is 23.4 Å². The second kappa shape index (κ2) is 10.2. The van der Waals surface area contributed by atoms with Gasteiger partial charge in [-0.15, -0.1) is 0 Å². The van der Waals surface area contributed by atoms with Crippen LogP contribution in [0.25, 0.3) is 0 Å². The molecule has 0 bridgehead atoms. The van der Waals surface area contributed by atoms with E-state index >= 15 is 0 Å². The lowest BCUT2D eigenvalue weighted by Crippen LogP contribution is -3.15. The molecule has 3 aliphatic heterocycles. The van der Waals surface area contributed by atoms with Crippen molar-refractivity contribution in [2.24, 2.45) is 4.99 Å². The SMILES string of the molecule is CN1C(=O)C2=C(N=CN(c3ccc(NCCN4CCCCC4)cc3)C2)C(c2ccc(F)cc2)[NH+]1[O-]. The quantitative estimate of drug-likeness (QED) is 0.624. The minimum Gasteiger partial charge on any atom is -0.607 e. The lowest BCUT2D eigenvalue weighted by atomic mass is 9.96. The summed E-state index contributed by atoms with van der Waals surface area (Å²) in [4.78, 5) is 21.9. The topological polar surface area (TPSA) is 78.7 Å². The number of halogens is 1. The zero-order valence-electron chi connectivity index (χ0n) is 19.9. The Bertz CT molecular complexity index is 1110. The lowest BCUT2D eigenvalue weighted by Gasteiger charge is -2.43. The van der Waals surface area contributed by atoms with Crippen LogP contribution >= 0.6 is 0 Å². The first-order chi connectivity index (χ1) is 17.0. The predicted molar refractivity (Wildman–Crippen MR) is 134 cm³/mol. The normalized spacial score (nSPS) is 23.0. The van der Waals surface area contributed by atoms with Crippen molar-refractivity contribution < 1.29 is 14.4 Å². The average Bonchev–Trinajstić information content (AvgIpc) is 2.89. The third-order valence-electron chi connectivity index (χ3n) is 7.00. The molecule has 0 spiro atoms. The molecule has 0 aromatic heterocycles. The number of carbonyl (C=O) groups excluding carboxylic acids is 1. The highest BCUT2D eigenvalue weighted by molar-refractivity contribution is 5.98. The molecule has 3 aliphatic rings. The van der Waals surface area contributed by atoms with Crippen LogP contribution in [0.4, 0.5) is 15.8 Å². The third-order valence-corrected chi connectivity index (χ3v) is 7.00. The number of amides is 1. The van der Waals surface area contributed by atoms with Gasteiger partial charge in [-0.05, 0) is 74.5 Å². The number of quaternary nitrogens is 1. The molecule has 5 rings (SSSR count). The molecule has 2 aromatic rings. The Hall–Kier alpha value is -3.27. The number of hydrogen-bond donors (Lipinski definition) is 2. The molecule has 0 saturated carbocycles. The number of piperidine rings is 1. The van der Waals surface area contributed by atoms with Crippen molar-refractivity contribution in [1.82, 2.24) is 9.91 Å². The van der Waals surface area contributed by atoms with Gasteiger partial charge in [-0.1, -0.05) is 6.42 Å².